The smallest absolute Gasteiger partial charge is 0.315 e. The Bertz CT molecular complexity index is 647. The van der Waals surface area contributed by atoms with Crippen molar-refractivity contribution in [1.82, 2.24) is 20.6 Å². The molecule has 3 heterocycles. The largest absolute Gasteiger partial charge is 0.418 e. The number of urea groups is 1. The Morgan fingerprint density at radius 3 is 2.65 bits per heavy atom. The average molecular weight is 347 g/mol. The van der Waals surface area contributed by atoms with Gasteiger partial charge in [0.05, 0.1) is 18.0 Å². The maximum Gasteiger partial charge on any atom is 0.418 e. The minimum atomic E-state index is -4.79. The van der Waals surface area contributed by atoms with Gasteiger partial charge in [0.1, 0.15) is 5.84 Å². The minimum absolute atomic E-state index is 0.0950. The SMILES string of the molecule is N=C(NC(=O)C1CNC1)C1CCC2CN1C(=O)N2OS(=O)(=O)O. The molecule has 3 fully saturated rings. The molecular weight excluding hydrogens is 330 g/mol. The van der Waals surface area contributed by atoms with Crippen LogP contribution in [0.2, 0.25) is 0 Å². The molecule has 3 amide bonds. The maximum absolute atomic E-state index is 12.2. The lowest BCUT2D eigenvalue weighted by Gasteiger charge is -2.32. The molecule has 3 saturated heterocycles. The number of amidine groups is 1. The Kier molecular flexibility index (Phi) is 4.00. The van der Waals surface area contributed by atoms with Crippen molar-refractivity contribution in [3.63, 3.8) is 0 Å². The number of hydrogen-bond donors (Lipinski definition) is 4. The summed E-state index contributed by atoms with van der Waals surface area (Å²) in [4.78, 5) is 25.3. The molecule has 4 N–H and O–H groups in total. The van der Waals surface area contributed by atoms with Gasteiger partial charge in [0.2, 0.25) is 5.91 Å². The van der Waals surface area contributed by atoms with Crippen molar-refractivity contribution in [2.75, 3.05) is 19.6 Å². The highest BCUT2D eigenvalue weighted by Crippen LogP contribution is 2.30. The number of piperidine rings is 1. The van der Waals surface area contributed by atoms with Crippen LogP contribution in [0, 0.1) is 11.3 Å². The van der Waals surface area contributed by atoms with Gasteiger partial charge < -0.3 is 15.5 Å². The van der Waals surface area contributed by atoms with Gasteiger partial charge in [-0.2, -0.15) is 13.5 Å². The summed E-state index contributed by atoms with van der Waals surface area (Å²) in [5, 5.41) is 14.1. The van der Waals surface area contributed by atoms with E-state index >= 15 is 0 Å². The highest BCUT2D eigenvalue weighted by molar-refractivity contribution is 7.80. The van der Waals surface area contributed by atoms with Crippen molar-refractivity contribution < 1.29 is 26.8 Å². The summed E-state index contributed by atoms with van der Waals surface area (Å²) in [7, 11) is -4.79. The molecule has 0 aromatic rings. The van der Waals surface area contributed by atoms with Crippen LogP contribution in [0.3, 0.4) is 0 Å². The summed E-state index contributed by atoms with van der Waals surface area (Å²) in [5.74, 6) is -0.545. The fraction of sp³-hybridized carbons (Fsp3) is 0.727. The van der Waals surface area contributed by atoms with Crippen molar-refractivity contribution in [2.24, 2.45) is 5.92 Å². The normalized spacial score (nSPS) is 27.8. The summed E-state index contributed by atoms with van der Waals surface area (Å²) in [6.45, 7) is 1.29. The van der Waals surface area contributed by atoms with E-state index in [1.807, 2.05) is 0 Å². The first-order valence-electron chi connectivity index (χ1n) is 7.13. The van der Waals surface area contributed by atoms with Gasteiger partial charge in [0.25, 0.3) is 0 Å². The molecule has 2 unspecified atom stereocenters. The number of amides is 3. The van der Waals surface area contributed by atoms with Crippen LogP contribution in [-0.2, 0) is 19.5 Å². The van der Waals surface area contributed by atoms with Gasteiger partial charge in [-0.05, 0) is 12.8 Å². The Morgan fingerprint density at radius 2 is 2.09 bits per heavy atom. The summed E-state index contributed by atoms with van der Waals surface area (Å²) < 4.78 is 34.7. The molecule has 0 aromatic heterocycles. The molecule has 0 radical (unpaired) electrons. The van der Waals surface area contributed by atoms with Crippen LogP contribution in [0.25, 0.3) is 0 Å². The van der Waals surface area contributed by atoms with Crippen LogP contribution in [0.15, 0.2) is 0 Å². The summed E-state index contributed by atoms with van der Waals surface area (Å²) in [6.07, 6.45) is 0.787. The van der Waals surface area contributed by atoms with E-state index < -0.39 is 28.5 Å². The molecule has 3 rings (SSSR count). The van der Waals surface area contributed by atoms with Gasteiger partial charge in [-0.1, -0.05) is 0 Å². The first-order valence-corrected chi connectivity index (χ1v) is 8.49. The summed E-state index contributed by atoms with van der Waals surface area (Å²) >= 11 is 0. The first-order chi connectivity index (χ1) is 10.8. The molecule has 11 nitrogen and oxygen atoms in total. The Labute approximate surface area is 132 Å². The topological polar surface area (TPSA) is 152 Å². The van der Waals surface area contributed by atoms with Crippen molar-refractivity contribution >= 4 is 28.2 Å². The fourth-order valence-corrected chi connectivity index (χ4v) is 3.31. The molecule has 0 saturated carbocycles. The van der Waals surface area contributed by atoms with Gasteiger partial charge >= 0.3 is 16.4 Å². The third-order valence-corrected chi connectivity index (χ3v) is 4.59. The van der Waals surface area contributed by atoms with Crippen LogP contribution in [0.5, 0.6) is 0 Å². The molecule has 12 heteroatoms. The van der Waals surface area contributed by atoms with E-state index in [4.69, 9.17) is 9.96 Å². The summed E-state index contributed by atoms with van der Waals surface area (Å²) in [6, 6.07) is -1.91. The number of nitrogens with zero attached hydrogens (tertiary/aromatic N) is 2. The lowest BCUT2D eigenvalue weighted by Crippen LogP contribution is -2.56. The lowest BCUT2D eigenvalue weighted by atomic mass is 9.98. The Morgan fingerprint density at radius 1 is 1.39 bits per heavy atom. The van der Waals surface area contributed by atoms with E-state index in [0.717, 1.165) is 0 Å². The van der Waals surface area contributed by atoms with Crippen molar-refractivity contribution in [2.45, 2.75) is 24.9 Å². The molecule has 0 aromatic carbocycles. The number of nitrogens with one attached hydrogen (secondary N) is 3. The molecule has 3 aliphatic rings. The van der Waals surface area contributed by atoms with Crippen LogP contribution >= 0.6 is 0 Å². The standard InChI is InChI=1S/C11H17N5O6S/c12-9(14-10(17)6-3-13-4-6)8-2-1-7-5-15(8)11(18)16(7)22-23(19,20)21/h6-8,13H,1-5H2,(H2,12,14,17)(H,19,20,21). The monoisotopic (exact) mass is 347 g/mol. The zero-order chi connectivity index (χ0) is 16.8. The van der Waals surface area contributed by atoms with Crippen molar-refractivity contribution in [3.8, 4) is 0 Å². The van der Waals surface area contributed by atoms with Gasteiger partial charge in [0.15, 0.2) is 0 Å². The number of rotatable bonds is 4. The second-order valence-electron chi connectivity index (χ2n) is 5.77. The van der Waals surface area contributed by atoms with Crippen LogP contribution < -0.4 is 10.6 Å². The Balaban J connectivity index is 1.66. The van der Waals surface area contributed by atoms with Crippen LogP contribution in [-0.4, -0.2) is 72.4 Å². The van der Waals surface area contributed by atoms with Crippen LogP contribution in [0.4, 0.5) is 4.79 Å². The predicted octanol–water partition coefficient (Wildman–Crippen LogP) is -1.70. The molecule has 0 aliphatic carbocycles. The van der Waals surface area contributed by atoms with Gasteiger partial charge in [-0.3, -0.25) is 14.8 Å². The first kappa shape index (κ1) is 16.1. The molecular formula is C11H17N5O6S. The zero-order valence-electron chi connectivity index (χ0n) is 12.1. The molecule has 0 spiro atoms. The van der Waals surface area contributed by atoms with E-state index in [0.29, 0.717) is 31.0 Å². The van der Waals surface area contributed by atoms with Gasteiger partial charge in [-0.25, -0.2) is 4.79 Å². The minimum Gasteiger partial charge on any atom is -0.315 e. The number of carbonyl (C=O) groups is 2. The molecule has 128 valence electrons. The highest BCUT2D eigenvalue weighted by atomic mass is 32.3. The van der Waals surface area contributed by atoms with Crippen LogP contribution in [0.1, 0.15) is 12.8 Å². The third kappa shape index (κ3) is 3.15. The third-order valence-electron chi connectivity index (χ3n) is 4.24. The maximum atomic E-state index is 12.2. The zero-order valence-corrected chi connectivity index (χ0v) is 12.9. The molecule has 2 atom stereocenters. The lowest BCUT2D eigenvalue weighted by molar-refractivity contribution is -0.125. The number of hydrogen-bond acceptors (Lipinski definition) is 7. The quantitative estimate of drug-likeness (QED) is 0.269. The highest BCUT2D eigenvalue weighted by Gasteiger charge is 2.48. The van der Waals surface area contributed by atoms with Gasteiger partial charge in [-0.15, -0.1) is 4.28 Å². The summed E-state index contributed by atoms with van der Waals surface area (Å²) in [5.41, 5.74) is 0. The van der Waals surface area contributed by atoms with E-state index in [1.165, 1.54) is 4.90 Å². The van der Waals surface area contributed by atoms with Gasteiger partial charge in [0, 0.05) is 19.6 Å². The molecule has 23 heavy (non-hydrogen) atoms. The van der Waals surface area contributed by atoms with Crippen molar-refractivity contribution in [1.29, 1.82) is 5.41 Å². The average Bonchev–Trinajstić information content (AvgIpc) is 2.60. The van der Waals surface area contributed by atoms with E-state index in [-0.39, 0.29) is 24.2 Å². The van der Waals surface area contributed by atoms with E-state index in [1.54, 1.807) is 0 Å². The second kappa shape index (κ2) is 5.70. The van der Waals surface area contributed by atoms with E-state index in [2.05, 4.69) is 14.9 Å². The second-order valence-corrected chi connectivity index (χ2v) is 6.77. The number of hydroxylamine groups is 2. The molecule has 3 aliphatic heterocycles. The fourth-order valence-electron chi connectivity index (χ4n) is 2.92. The van der Waals surface area contributed by atoms with E-state index in [9.17, 15) is 18.0 Å². The molecule has 2 bridgehead atoms. The predicted molar refractivity (Wildman–Crippen MR) is 75.6 cm³/mol. The number of carbonyl (C=O) groups excluding carboxylic acids is 2. The van der Waals surface area contributed by atoms with Crippen molar-refractivity contribution in [3.05, 3.63) is 0 Å². The number of fused-ring (bicyclic) bond motifs is 2. The Hall–Kier alpha value is -1.76.